The van der Waals surface area contributed by atoms with Crippen molar-refractivity contribution in [1.29, 1.82) is 0 Å². The quantitative estimate of drug-likeness (QED) is 0.163. The molecule has 61 heavy (non-hydrogen) atoms. The van der Waals surface area contributed by atoms with Crippen LogP contribution in [-0.2, 0) is 5.41 Å². The number of hydrogen-bond donors (Lipinski definition) is 0. The molecule has 12 rings (SSSR count). The van der Waals surface area contributed by atoms with E-state index in [1.165, 1.54) is 122 Å². The Labute approximate surface area is 357 Å². The highest BCUT2D eigenvalue weighted by Crippen LogP contribution is 2.51. The van der Waals surface area contributed by atoms with Crippen molar-refractivity contribution in [3.8, 4) is 33.4 Å². The molecule has 2 heterocycles. The summed E-state index contributed by atoms with van der Waals surface area (Å²) in [5.41, 5.74) is 23.4. The predicted molar refractivity (Wildman–Crippen MR) is 259 cm³/mol. The van der Waals surface area contributed by atoms with E-state index in [-0.39, 0.29) is 5.41 Å². The van der Waals surface area contributed by atoms with Crippen LogP contribution in [-0.4, -0.2) is 4.40 Å². The second kappa shape index (κ2) is 13.4. The molecule has 0 N–H and O–H groups in total. The average molecular weight is 783 g/mol. The first-order chi connectivity index (χ1) is 29.9. The van der Waals surface area contributed by atoms with E-state index in [2.05, 4.69) is 219 Å². The van der Waals surface area contributed by atoms with E-state index in [9.17, 15) is 0 Å². The Hall–Kier alpha value is -7.16. The van der Waals surface area contributed by atoms with Crippen LogP contribution in [0.1, 0.15) is 54.5 Å². The molecule has 2 aliphatic carbocycles. The van der Waals surface area contributed by atoms with Gasteiger partial charge in [0.25, 0.3) is 0 Å². The molecule has 0 atom stereocenters. The lowest BCUT2D eigenvalue weighted by atomic mass is 9.82. The van der Waals surface area contributed by atoms with Gasteiger partial charge in [-0.2, -0.15) is 0 Å². The van der Waals surface area contributed by atoms with Crippen LogP contribution in [0.25, 0.3) is 77.0 Å². The maximum Gasteiger partial charge on any atom is 0.0641 e. The number of rotatable bonds is 6. The van der Waals surface area contributed by atoms with Gasteiger partial charge in [-0.15, -0.1) is 0 Å². The Morgan fingerprint density at radius 1 is 0.492 bits per heavy atom. The van der Waals surface area contributed by atoms with Gasteiger partial charge in [0.15, 0.2) is 0 Å². The van der Waals surface area contributed by atoms with Gasteiger partial charge in [-0.1, -0.05) is 153 Å². The minimum atomic E-state index is -0.00783. The van der Waals surface area contributed by atoms with Crippen molar-refractivity contribution < 1.29 is 0 Å². The Morgan fingerprint density at radius 3 is 1.93 bits per heavy atom. The van der Waals surface area contributed by atoms with Gasteiger partial charge in [-0.25, -0.2) is 0 Å². The van der Waals surface area contributed by atoms with Crippen LogP contribution in [0, 0.1) is 13.8 Å². The van der Waals surface area contributed by atoms with Gasteiger partial charge in [0.05, 0.1) is 22.2 Å². The second-order valence-electron chi connectivity index (χ2n) is 17.7. The summed E-state index contributed by atoms with van der Waals surface area (Å²) in [4.78, 5) is 2.55. The lowest BCUT2D eigenvalue weighted by molar-refractivity contribution is 0.660. The lowest BCUT2D eigenvalue weighted by Crippen LogP contribution is -2.18. The number of hydrogen-bond acceptors (Lipinski definition) is 1. The van der Waals surface area contributed by atoms with Crippen LogP contribution in [0.4, 0.5) is 11.4 Å². The molecule has 0 fully saturated rings. The third kappa shape index (κ3) is 5.28. The van der Waals surface area contributed by atoms with E-state index in [0.29, 0.717) is 0 Å². The smallest absolute Gasteiger partial charge is 0.0641 e. The molecular formula is C59H46N2. The van der Waals surface area contributed by atoms with E-state index in [1.54, 1.807) is 0 Å². The summed E-state index contributed by atoms with van der Waals surface area (Å²) >= 11 is 0. The number of aromatic nitrogens is 1. The number of para-hydroxylation sites is 2. The third-order valence-corrected chi connectivity index (χ3v) is 14.0. The van der Waals surface area contributed by atoms with Crippen LogP contribution in [0.5, 0.6) is 0 Å². The van der Waals surface area contributed by atoms with Crippen LogP contribution in [0.2, 0.25) is 0 Å². The highest BCUT2D eigenvalue weighted by molar-refractivity contribution is 6.27. The molecule has 0 saturated carbocycles. The van der Waals surface area contributed by atoms with E-state index in [4.69, 9.17) is 0 Å². The maximum atomic E-state index is 2.55. The predicted octanol–water partition coefficient (Wildman–Crippen LogP) is 16.0. The van der Waals surface area contributed by atoms with Gasteiger partial charge in [-0.05, 0) is 136 Å². The minimum Gasteiger partial charge on any atom is -0.314 e. The summed E-state index contributed by atoms with van der Waals surface area (Å²) in [5.74, 6) is 0. The molecule has 0 bridgehead atoms. The summed E-state index contributed by atoms with van der Waals surface area (Å²) in [6.07, 6.45) is 6.65. The fourth-order valence-corrected chi connectivity index (χ4v) is 11.0. The highest BCUT2D eigenvalue weighted by Gasteiger charge is 2.35. The molecule has 8 aromatic carbocycles. The number of anilines is 2. The average Bonchev–Trinajstić information content (AvgIpc) is 3.90. The molecule has 0 aliphatic heterocycles. The Morgan fingerprint density at radius 2 is 1.15 bits per heavy atom. The zero-order valence-electron chi connectivity index (χ0n) is 35.1. The number of allylic oxidation sites excluding steroid dienone is 4. The molecule has 2 heteroatoms. The molecule has 292 valence electrons. The molecule has 0 radical (unpaired) electrons. The first kappa shape index (κ1) is 35.8. The van der Waals surface area contributed by atoms with Crippen molar-refractivity contribution in [1.82, 2.24) is 4.40 Å². The molecule has 0 saturated heterocycles. The molecular weight excluding hydrogens is 737 g/mol. The largest absolute Gasteiger partial charge is 0.314 e. The molecule has 0 spiro atoms. The van der Waals surface area contributed by atoms with Gasteiger partial charge in [0.1, 0.15) is 0 Å². The Kier molecular flexibility index (Phi) is 7.87. The number of fused-ring (bicyclic) bond motifs is 9. The highest BCUT2D eigenvalue weighted by atomic mass is 15.2. The van der Waals surface area contributed by atoms with Crippen LogP contribution in [0.15, 0.2) is 188 Å². The molecule has 0 amide bonds. The van der Waals surface area contributed by atoms with Crippen molar-refractivity contribution in [3.63, 3.8) is 0 Å². The Bertz CT molecular complexity index is 3460. The maximum absolute atomic E-state index is 2.55. The molecule has 2 aromatic heterocycles. The number of nitrogens with zero attached hydrogens (tertiary/aromatic N) is 2. The van der Waals surface area contributed by atoms with Crippen LogP contribution in [0.3, 0.4) is 0 Å². The number of benzene rings is 8. The fourth-order valence-electron chi connectivity index (χ4n) is 11.0. The first-order valence-electron chi connectivity index (χ1n) is 21.7. The van der Waals surface area contributed by atoms with Crippen molar-refractivity contribution in [2.45, 2.75) is 46.0 Å². The molecule has 2 nitrogen and oxygen atoms in total. The molecule has 0 unspecified atom stereocenters. The van der Waals surface area contributed by atoms with Gasteiger partial charge < -0.3 is 9.30 Å². The summed E-state index contributed by atoms with van der Waals surface area (Å²) in [6, 6.07) is 63.4. The van der Waals surface area contributed by atoms with Gasteiger partial charge in [-0.3, -0.25) is 0 Å². The van der Waals surface area contributed by atoms with E-state index in [1.807, 2.05) is 0 Å². The normalized spacial score (nSPS) is 14.4. The van der Waals surface area contributed by atoms with Gasteiger partial charge in [0.2, 0.25) is 0 Å². The first-order valence-corrected chi connectivity index (χ1v) is 21.7. The van der Waals surface area contributed by atoms with Gasteiger partial charge in [0, 0.05) is 38.3 Å². The standard InChI is InChI=1S/C59H46N2/c1-37-14-5-6-15-44(37)46-20-13-19-45(38(46)2)40-26-31-43(32-27-40)60(56-35-33-49-48-17-8-11-22-54(48)61-55-23-12-9-18-50(55)57(56)58(49)61)42-29-24-39(25-30-42)41-28-34-53-51(36-41)47-16-7-10-21-52(47)59(53,3)4/h5-26,28-31,33-36H,27,32H2,1-4H3. The zero-order chi connectivity index (χ0) is 41.0. The van der Waals surface area contributed by atoms with Gasteiger partial charge >= 0.3 is 0 Å². The third-order valence-electron chi connectivity index (χ3n) is 14.0. The van der Waals surface area contributed by atoms with E-state index >= 15 is 0 Å². The minimum absolute atomic E-state index is 0.00783. The molecule has 2 aliphatic rings. The lowest BCUT2D eigenvalue weighted by Gasteiger charge is -2.31. The topological polar surface area (TPSA) is 7.65 Å². The summed E-state index contributed by atoms with van der Waals surface area (Å²) in [6.45, 7) is 9.20. The fraction of sp³-hybridized carbons (Fsp3) is 0.119. The van der Waals surface area contributed by atoms with E-state index in [0.717, 1.165) is 12.8 Å². The Balaban J connectivity index is 1.02. The number of aryl methyl sites for hydroxylation is 1. The zero-order valence-corrected chi connectivity index (χ0v) is 35.1. The van der Waals surface area contributed by atoms with Crippen molar-refractivity contribution in [2.24, 2.45) is 0 Å². The van der Waals surface area contributed by atoms with E-state index < -0.39 is 0 Å². The summed E-state index contributed by atoms with van der Waals surface area (Å²) in [5, 5.41) is 5.17. The van der Waals surface area contributed by atoms with Crippen molar-refractivity contribution in [3.05, 3.63) is 216 Å². The summed E-state index contributed by atoms with van der Waals surface area (Å²) < 4.78 is 2.49. The van der Waals surface area contributed by atoms with Crippen molar-refractivity contribution >= 4 is 55.0 Å². The van der Waals surface area contributed by atoms with Crippen LogP contribution < -0.4 is 4.90 Å². The van der Waals surface area contributed by atoms with Crippen molar-refractivity contribution in [2.75, 3.05) is 4.90 Å². The molecule has 10 aromatic rings. The second-order valence-corrected chi connectivity index (χ2v) is 17.7. The summed E-state index contributed by atoms with van der Waals surface area (Å²) in [7, 11) is 0. The SMILES string of the molecule is Cc1ccccc1-c1cccc(C2=CC=C(N(c3ccc(-c4ccc5c(c4)-c4ccccc4C5(C)C)cc3)c3ccc4c5ccccc5n5c6ccccc6c3c45)CC2)c1C. The monoisotopic (exact) mass is 782 g/mol. The van der Waals surface area contributed by atoms with Crippen LogP contribution >= 0.6 is 0 Å².